The number of thioether (sulfide) groups is 1. The lowest BCUT2D eigenvalue weighted by Gasteiger charge is -2.18. The van der Waals surface area contributed by atoms with Crippen molar-refractivity contribution in [1.82, 2.24) is 5.32 Å². The normalized spacial score (nSPS) is 23.6. The van der Waals surface area contributed by atoms with Crippen molar-refractivity contribution in [2.45, 2.75) is 25.8 Å². The third-order valence-electron chi connectivity index (χ3n) is 4.21. The fourth-order valence-corrected chi connectivity index (χ4v) is 3.87. The standard InChI is InChI=1S/C17H20N2O4S/c1-2-23-13-5-3-12(4-6-13)19-10-11(9-15(19)20)16(21)18-14-7-8-24-17(14)22/h3-6,11,14H,2,7-10H2,1H3,(H,18,21)/t11-,14-/m1/s1. The summed E-state index contributed by atoms with van der Waals surface area (Å²) in [6.45, 7) is 2.84. The van der Waals surface area contributed by atoms with E-state index in [0.29, 0.717) is 19.6 Å². The van der Waals surface area contributed by atoms with Crippen LogP contribution in [-0.2, 0) is 14.4 Å². The van der Waals surface area contributed by atoms with Gasteiger partial charge in [0.05, 0.1) is 18.6 Å². The van der Waals surface area contributed by atoms with Crippen LogP contribution in [0.25, 0.3) is 0 Å². The Morgan fingerprint density at radius 1 is 1.33 bits per heavy atom. The minimum absolute atomic E-state index is 0.0102. The number of benzene rings is 1. The molecule has 2 heterocycles. The van der Waals surface area contributed by atoms with E-state index in [1.807, 2.05) is 31.2 Å². The van der Waals surface area contributed by atoms with E-state index in [2.05, 4.69) is 5.32 Å². The molecule has 0 radical (unpaired) electrons. The fourth-order valence-electron chi connectivity index (χ4n) is 2.94. The maximum Gasteiger partial charge on any atom is 0.227 e. The number of anilines is 1. The van der Waals surface area contributed by atoms with E-state index in [1.54, 1.807) is 4.90 Å². The molecule has 2 aliphatic heterocycles. The molecule has 3 rings (SSSR count). The Labute approximate surface area is 144 Å². The molecule has 0 aromatic heterocycles. The van der Waals surface area contributed by atoms with Crippen molar-refractivity contribution in [1.29, 1.82) is 0 Å². The van der Waals surface area contributed by atoms with Gasteiger partial charge in [0, 0.05) is 24.4 Å². The number of carbonyl (C=O) groups is 3. The van der Waals surface area contributed by atoms with Crippen molar-refractivity contribution in [2.24, 2.45) is 5.92 Å². The quantitative estimate of drug-likeness (QED) is 0.874. The Balaban J connectivity index is 1.62. The number of hydrogen-bond donors (Lipinski definition) is 1. The van der Waals surface area contributed by atoms with Crippen LogP contribution in [-0.4, -0.2) is 41.9 Å². The lowest BCUT2D eigenvalue weighted by molar-refractivity contribution is -0.128. The van der Waals surface area contributed by atoms with Gasteiger partial charge in [0.1, 0.15) is 5.75 Å². The molecule has 6 nitrogen and oxygen atoms in total. The molecule has 7 heteroatoms. The van der Waals surface area contributed by atoms with Crippen molar-refractivity contribution in [3.8, 4) is 5.75 Å². The van der Waals surface area contributed by atoms with Gasteiger partial charge >= 0.3 is 0 Å². The second kappa shape index (κ2) is 7.25. The smallest absolute Gasteiger partial charge is 0.227 e. The first-order valence-electron chi connectivity index (χ1n) is 8.08. The lowest BCUT2D eigenvalue weighted by Crippen LogP contribution is -2.41. The van der Waals surface area contributed by atoms with Gasteiger partial charge in [0.25, 0.3) is 0 Å². The van der Waals surface area contributed by atoms with Gasteiger partial charge in [-0.05, 0) is 37.6 Å². The summed E-state index contributed by atoms with van der Waals surface area (Å²) in [7, 11) is 0. The molecule has 0 spiro atoms. The molecular formula is C17H20N2O4S. The Bertz CT molecular complexity index is 646. The van der Waals surface area contributed by atoms with Crippen LogP contribution in [0.1, 0.15) is 19.8 Å². The Morgan fingerprint density at radius 3 is 2.71 bits per heavy atom. The lowest BCUT2D eigenvalue weighted by atomic mass is 10.1. The predicted molar refractivity (Wildman–Crippen MR) is 92.1 cm³/mol. The molecule has 2 saturated heterocycles. The second-order valence-corrected chi connectivity index (χ2v) is 6.95. The Kier molecular flexibility index (Phi) is 5.08. The van der Waals surface area contributed by atoms with Crippen LogP contribution in [0.3, 0.4) is 0 Å². The Morgan fingerprint density at radius 2 is 2.08 bits per heavy atom. The van der Waals surface area contributed by atoms with E-state index in [9.17, 15) is 14.4 Å². The molecule has 0 saturated carbocycles. The monoisotopic (exact) mass is 348 g/mol. The van der Waals surface area contributed by atoms with E-state index in [1.165, 1.54) is 11.8 Å². The van der Waals surface area contributed by atoms with Crippen LogP contribution in [0.5, 0.6) is 5.75 Å². The highest BCUT2D eigenvalue weighted by Crippen LogP contribution is 2.27. The molecule has 0 unspecified atom stereocenters. The van der Waals surface area contributed by atoms with Gasteiger partial charge in [-0.25, -0.2) is 0 Å². The molecule has 1 aromatic carbocycles. The highest BCUT2D eigenvalue weighted by Gasteiger charge is 2.37. The van der Waals surface area contributed by atoms with Crippen molar-refractivity contribution >= 4 is 34.4 Å². The topological polar surface area (TPSA) is 75.7 Å². The van der Waals surface area contributed by atoms with E-state index in [-0.39, 0.29) is 23.4 Å². The highest BCUT2D eigenvalue weighted by atomic mass is 32.2. The zero-order valence-electron chi connectivity index (χ0n) is 13.5. The summed E-state index contributed by atoms with van der Waals surface area (Å²) in [4.78, 5) is 37.8. The number of amides is 2. The summed E-state index contributed by atoms with van der Waals surface area (Å²) < 4.78 is 5.39. The molecule has 2 fully saturated rings. The number of ether oxygens (including phenoxy) is 1. The molecule has 24 heavy (non-hydrogen) atoms. The van der Waals surface area contributed by atoms with Crippen LogP contribution < -0.4 is 15.0 Å². The van der Waals surface area contributed by atoms with Gasteiger partial charge < -0.3 is 15.0 Å². The molecule has 1 N–H and O–H groups in total. The summed E-state index contributed by atoms with van der Waals surface area (Å²) >= 11 is 1.25. The van der Waals surface area contributed by atoms with Gasteiger partial charge in [0.15, 0.2) is 0 Å². The highest BCUT2D eigenvalue weighted by molar-refractivity contribution is 8.14. The van der Waals surface area contributed by atoms with Crippen molar-refractivity contribution in [3.05, 3.63) is 24.3 Å². The Hall–Kier alpha value is -2.02. The first-order chi connectivity index (χ1) is 11.6. The molecule has 1 aromatic rings. The number of rotatable bonds is 5. The van der Waals surface area contributed by atoms with E-state index in [4.69, 9.17) is 4.74 Å². The molecule has 2 atom stereocenters. The van der Waals surface area contributed by atoms with Crippen molar-refractivity contribution < 1.29 is 19.1 Å². The van der Waals surface area contributed by atoms with Gasteiger partial charge in [-0.3, -0.25) is 14.4 Å². The van der Waals surface area contributed by atoms with Gasteiger partial charge in [0.2, 0.25) is 16.9 Å². The summed E-state index contributed by atoms with van der Waals surface area (Å²) in [5, 5.41) is 2.79. The zero-order chi connectivity index (χ0) is 17.1. The maximum atomic E-state index is 12.3. The van der Waals surface area contributed by atoms with E-state index >= 15 is 0 Å². The second-order valence-electron chi connectivity index (χ2n) is 5.85. The zero-order valence-corrected chi connectivity index (χ0v) is 14.3. The minimum atomic E-state index is -0.414. The van der Waals surface area contributed by atoms with Gasteiger partial charge in [-0.15, -0.1) is 0 Å². The molecule has 2 aliphatic rings. The molecule has 0 aliphatic carbocycles. The number of hydrogen-bond acceptors (Lipinski definition) is 5. The fraction of sp³-hybridized carbons (Fsp3) is 0.471. The van der Waals surface area contributed by atoms with Crippen LogP contribution in [0, 0.1) is 5.92 Å². The summed E-state index contributed by atoms with van der Waals surface area (Å²) in [5.41, 5.74) is 0.756. The minimum Gasteiger partial charge on any atom is -0.494 e. The summed E-state index contributed by atoms with van der Waals surface area (Å²) in [6.07, 6.45) is 0.839. The number of nitrogens with one attached hydrogen (secondary N) is 1. The average molecular weight is 348 g/mol. The SMILES string of the molecule is CCOc1ccc(N2C[C@H](C(=O)N[C@@H]3CCSC3=O)CC2=O)cc1. The van der Waals surface area contributed by atoms with Crippen LogP contribution in [0.4, 0.5) is 5.69 Å². The van der Waals surface area contributed by atoms with Crippen LogP contribution >= 0.6 is 11.8 Å². The van der Waals surface area contributed by atoms with Crippen molar-refractivity contribution in [3.63, 3.8) is 0 Å². The largest absolute Gasteiger partial charge is 0.494 e. The molecule has 2 amide bonds. The first kappa shape index (κ1) is 16.8. The van der Waals surface area contributed by atoms with Gasteiger partial charge in [-0.2, -0.15) is 0 Å². The summed E-state index contributed by atoms with van der Waals surface area (Å²) in [6, 6.07) is 6.86. The molecule has 0 bridgehead atoms. The number of nitrogens with zero attached hydrogens (tertiary/aromatic N) is 1. The summed E-state index contributed by atoms with van der Waals surface area (Å²) in [5.74, 6) is 0.789. The van der Waals surface area contributed by atoms with Gasteiger partial charge in [-0.1, -0.05) is 11.8 Å². The molecular weight excluding hydrogens is 328 g/mol. The van der Waals surface area contributed by atoms with E-state index < -0.39 is 12.0 Å². The third kappa shape index (κ3) is 3.56. The average Bonchev–Trinajstić information content (AvgIpc) is 3.15. The van der Waals surface area contributed by atoms with E-state index in [0.717, 1.165) is 17.2 Å². The van der Waals surface area contributed by atoms with Crippen molar-refractivity contribution in [2.75, 3.05) is 23.8 Å². The first-order valence-corrected chi connectivity index (χ1v) is 9.07. The predicted octanol–water partition coefficient (Wildman–Crippen LogP) is 1.59. The molecule has 128 valence electrons. The van der Waals surface area contributed by atoms with Crippen LogP contribution in [0.2, 0.25) is 0 Å². The number of carbonyl (C=O) groups excluding carboxylic acids is 3. The third-order valence-corrected chi connectivity index (χ3v) is 5.22. The maximum absolute atomic E-state index is 12.3. The van der Waals surface area contributed by atoms with Crippen LogP contribution in [0.15, 0.2) is 24.3 Å².